The van der Waals surface area contributed by atoms with Gasteiger partial charge in [-0.2, -0.15) is 0 Å². The molecule has 0 radical (unpaired) electrons. The first-order valence-corrected chi connectivity index (χ1v) is 9.46. The van der Waals surface area contributed by atoms with Crippen LogP contribution < -0.4 is 10.1 Å². The molecule has 7 nitrogen and oxygen atoms in total. The third-order valence-corrected chi connectivity index (χ3v) is 5.11. The topological polar surface area (TPSA) is 84.7 Å². The fraction of sp³-hybridized carbons (Fsp3) is 0.381. The number of likely N-dealkylation sites (tertiary alicyclic amines) is 1. The second kappa shape index (κ2) is 9.32. The molecule has 0 spiro atoms. The minimum Gasteiger partial charge on any atom is -0.496 e. The maximum absolute atomic E-state index is 12.5. The van der Waals surface area contributed by atoms with E-state index >= 15 is 0 Å². The zero-order chi connectivity index (χ0) is 19.9. The summed E-state index contributed by atoms with van der Waals surface area (Å²) in [5.74, 6) is 0.570. The lowest BCUT2D eigenvalue weighted by Crippen LogP contribution is -2.37. The van der Waals surface area contributed by atoms with Crippen LogP contribution in [0.25, 0.3) is 0 Å². The van der Waals surface area contributed by atoms with Gasteiger partial charge < -0.3 is 10.1 Å². The van der Waals surface area contributed by atoms with Crippen molar-refractivity contribution in [2.45, 2.75) is 25.3 Å². The molecule has 1 heterocycles. The second-order valence-corrected chi connectivity index (χ2v) is 6.87. The number of benzene rings is 2. The summed E-state index contributed by atoms with van der Waals surface area (Å²) >= 11 is 0. The zero-order valence-corrected chi connectivity index (χ0v) is 16.0. The standard InChI is InChI=1S/C21H25N3O4/c1-28-20-11-5-3-9-17(20)19(23-12-6-7-13-23)15-22-21(25)14-16-8-2-4-10-18(16)24(26)27/h2-5,8-11,19H,6-7,12-15H2,1H3,(H,22,25). The lowest BCUT2D eigenvalue weighted by molar-refractivity contribution is -0.385. The fourth-order valence-corrected chi connectivity index (χ4v) is 3.72. The van der Waals surface area contributed by atoms with Crippen LogP contribution in [0.15, 0.2) is 48.5 Å². The van der Waals surface area contributed by atoms with E-state index in [0.29, 0.717) is 12.1 Å². The highest BCUT2D eigenvalue weighted by Crippen LogP contribution is 2.31. The van der Waals surface area contributed by atoms with Gasteiger partial charge >= 0.3 is 0 Å². The Morgan fingerprint density at radius 2 is 1.86 bits per heavy atom. The summed E-state index contributed by atoms with van der Waals surface area (Å²) in [5.41, 5.74) is 1.43. The molecule has 0 saturated carbocycles. The third-order valence-electron chi connectivity index (χ3n) is 5.11. The average molecular weight is 383 g/mol. The summed E-state index contributed by atoms with van der Waals surface area (Å²) in [7, 11) is 1.65. The number of hydrogen-bond donors (Lipinski definition) is 1. The van der Waals surface area contributed by atoms with Gasteiger partial charge in [0, 0.05) is 23.7 Å². The largest absolute Gasteiger partial charge is 0.496 e. The van der Waals surface area contributed by atoms with Crippen molar-refractivity contribution in [3.63, 3.8) is 0 Å². The molecule has 0 bridgehead atoms. The lowest BCUT2D eigenvalue weighted by Gasteiger charge is -2.29. The Kier molecular flexibility index (Phi) is 6.60. The third kappa shape index (κ3) is 4.67. The van der Waals surface area contributed by atoms with Crippen LogP contribution in [0.2, 0.25) is 0 Å². The number of rotatable bonds is 8. The number of para-hydroxylation sites is 2. The number of carbonyl (C=O) groups excluding carboxylic acids is 1. The maximum atomic E-state index is 12.5. The number of ether oxygens (including phenoxy) is 1. The van der Waals surface area contributed by atoms with Gasteiger partial charge in [0.05, 0.1) is 24.5 Å². The van der Waals surface area contributed by atoms with E-state index in [9.17, 15) is 14.9 Å². The van der Waals surface area contributed by atoms with Crippen LogP contribution in [0.3, 0.4) is 0 Å². The van der Waals surface area contributed by atoms with E-state index in [1.807, 2.05) is 24.3 Å². The molecule has 148 valence electrons. The predicted octanol–water partition coefficient (Wildman–Crippen LogP) is 3.10. The summed E-state index contributed by atoms with van der Waals surface area (Å²) in [6.07, 6.45) is 2.25. The van der Waals surface area contributed by atoms with Crippen molar-refractivity contribution >= 4 is 11.6 Å². The van der Waals surface area contributed by atoms with Gasteiger partial charge in [0.2, 0.25) is 5.91 Å². The van der Waals surface area contributed by atoms with E-state index in [1.54, 1.807) is 25.3 Å². The molecule has 1 saturated heterocycles. The van der Waals surface area contributed by atoms with Crippen molar-refractivity contribution in [2.24, 2.45) is 0 Å². The number of nitro groups is 1. The molecule has 2 aromatic rings. The van der Waals surface area contributed by atoms with Gasteiger partial charge in [0.1, 0.15) is 5.75 Å². The molecule has 2 aromatic carbocycles. The Morgan fingerprint density at radius 1 is 1.18 bits per heavy atom. The molecule has 1 atom stereocenters. The average Bonchev–Trinajstić information content (AvgIpc) is 3.23. The molecule has 1 aliphatic rings. The highest BCUT2D eigenvalue weighted by atomic mass is 16.6. The first-order chi connectivity index (χ1) is 13.6. The van der Waals surface area contributed by atoms with Gasteiger partial charge in [-0.15, -0.1) is 0 Å². The number of nitrogens with one attached hydrogen (secondary N) is 1. The lowest BCUT2D eigenvalue weighted by atomic mass is 10.0. The summed E-state index contributed by atoms with van der Waals surface area (Å²) in [6.45, 7) is 2.38. The van der Waals surface area contributed by atoms with Crippen molar-refractivity contribution in [2.75, 3.05) is 26.7 Å². The number of nitrogens with zero attached hydrogens (tertiary/aromatic N) is 2. The van der Waals surface area contributed by atoms with Gasteiger partial charge in [-0.05, 0) is 32.0 Å². The molecular formula is C21H25N3O4. The minimum atomic E-state index is -0.454. The summed E-state index contributed by atoms with van der Waals surface area (Å²) in [6, 6.07) is 14.2. The quantitative estimate of drug-likeness (QED) is 0.559. The van der Waals surface area contributed by atoms with Crippen LogP contribution in [0.4, 0.5) is 5.69 Å². The van der Waals surface area contributed by atoms with Crippen molar-refractivity contribution in [1.82, 2.24) is 10.2 Å². The highest BCUT2D eigenvalue weighted by Gasteiger charge is 2.26. The van der Waals surface area contributed by atoms with E-state index in [-0.39, 0.29) is 24.1 Å². The van der Waals surface area contributed by atoms with Crippen molar-refractivity contribution in [3.05, 3.63) is 69.8 Å². The molecule has 3 rings (SSSR count). The van der Waals surface area contributed by atoms with Gasteiger partial charge in [-0.3, -0.25) is 19.8 Å². The molecule has 1 amide bonds. The molecular weight excluding hydrogens is 358 g/mol. The first-order valence-electron chi connectivity index (χ1n) is 9.46. The van der Waals surface area contributed by atoms with Crippen LogP contribution in [0.5, 0.6) is 5.75 Å². The Labute approximate surface area is 164 Å². The van der Waals surface area contributed by atoms with Crippen LogP contribution >= 0.6 is 0 Å². The maximum Gasteiger partial charge on any atom is 0.273 e. The van der Waals surface area contributed by atoms with Gasteiger partial charge in [-0.25, -0.2) is 0 Å². The monoisotopic (exact) mass is 383 g/mol. The van der Waals surface area contributed by atoms with Gasteiger partial charge in [0.25, 0.3) is 5.69 Å². The minimum absolute atomic E-state index is 0.00774. The van der Waals surface area contributed by atoms with E-state index in [0.717, 1.165) is 37.2 Å². The smallest absolute Gasteiger partial charge is 0.273 e. The zero-order valence-electron chi connectivity index (χ0n) is 16.0. The SMILES string of the molecule is COc1ccccc1C(CNC(=O)Cc1ccccc1[N+](=O)[O-])N1CCCC1. The van der Waals surface area contributed by atoms with Crippen molar-refractivity contribution < 1.29 is 14.5 Å². The Bertz CT molecular complexity index is 834. The molecule has 1 fully saturated rings. The molecule has 1 unspecified atom stereocenters. The van der Waals surface area contributed by atoms with Crippen molar-refractivity contribution in [3.8, 4) is 5.75 Å². The molecule has 1 aliphatic heterocycles. The van der Waals surface area contributed by atoms with E-state index < -0.39 is 4.92 Å². The fourth-order valence-electron chi connectivity index (χ4n) is 3.72. The highest BCUT2D eigenvalue weighted by molar-refractivity contribution is 5.79. The van der Waals surface area contributed by atoms with Crippen LogP contribution in [0, 0.1) is 10.1 Å². The van der Waals surface area contributed by atoms with Gasteiger partial charge in [-0.1, -0.05) is 36.4 Å². The van der Waals surface area contributed by atoms with Crippen LogP contribution in [-0.2, 0) is 11.2 Å². The van der Waals surface area contributed by atoms with Gasteiger partial charge in [0.15, 0.2) is 0 Å². The molecule has 28 heavy (non-hydrogen) atoms. The summed E-state index contributed by atoms with van der Waals surface area (Å²) < 4.78 is 5.52. The summed E-state index contributed by atoms with van der Waals surface area (Å²) in [4.78, 5) is 25.6. The Balaban J connectivity index is 1.72. The molecule has 0 aromatic heterocycles. The predicted molar refractivity (Wildman–Crippen MR) is 106 cm³/mol. The first kappa shape index (κ1) is 19.8. The van der Waals surface area contributed by atoms with E-state index in [1.165, 1.54) is 6.07 Å². The number of amides is 1. The van der Waals surface area contributed by atoms with E-state index in [2.05, 4.69) is 10.2 Å². The number of hydrogen-bond acceptors (Lipinski definition) is 5. The number of methoxy groups -OCH3 is 1. The summed E-state index contributed by atoms with van der Waals surface area (Å²) in [5, 5.41) is 14.1. The Morgan fingerprint density at radius 3 is 2.57 bits per heavy atom. The van der Waals surface area contributed by atoms with E-state index in [4.69, 9.17) is 4.74 Å². The Hall–Kier alpha value is -2.93. The number of carbonyl (C=O) groups is 1. The van der Waals surface area contributed by atoms with Crippen molar-refractivity contribution in [1.29, 1.82) is 0 Å². The second-order valence-electron chi connectivity index (χ2n) is 6.87. The molecule has 0 aliphatic carbocycles. The normalized spacial score (nSPS) is 15.2. The van der Waals surface area contributed by atoms with Crippen LogP contribution in [-0.4, -0.2) is 42.5 Å². The van der Waals surface area contributed by atoms with Crippen LogP contribution in [0.1, 0.15) is 30.0 Å². The number of nitro benzene ring substituents is 1. The molecule has 1 N–H and O–H groups in total. The molecule has 7 heteroatoms.